The van der Waals surface area contributed by atoms with Gasteiger partial charge in [-0.05, 0) is 12.1 Å². The molecule has 0 bridgehead atoms. The molecule has 0 saturated carbocycles. The Morgan fingerprint density at radius 3 is 2.71 bits per heavy atom. The molecule has 1 amide bonds. The number of aromatic nitrogens is 1. The Labute approximate surface area is 126 Å². The van der Waals surface area contributed by atoms with Crippen molar-refractivity contribution in [1.29, 1.82) is 0 Å². The third kappa shape index (κ3) is 3.46. The molecule has 1 aromatic heterocycles. The van der Waals surface area contributed by atoms with E-state index in [1.54, 1.807) is 30.5 Å². The van der Waals surface area contributed by atoms with E-state index in [1.165, 1.54) is 17.4 Å². The molecule has 8 heteroatoms. The SMILES string of the molecule is CCS(=O)(=O)c1ccccc1NC(=O)c1csc(CN)n1. The van der Waals surface area contributed by atoms with Crippen molar-refractivity contribution in [3.8, 4) is 0 Å². The van der Waals surface area contributed by atoms with E-state index < -0.39 is 15.7 Å². The molecule has 0 aliphatic carbocycles. The average molecular weight is 325 g/mol. The van der Waals surface area contributed by atoms with Crippen LogP contribution in [0.4, 0.5) is 5.69 Å². The molecule has 2 rings (SSSR count). The number of hydrogen-bond acceptors (Lipinski definition) is 6. The number of carbonyl (C=O) groups excluding carboxylic acids is 1. The number of para-hydroxylation sites is 1. The number of amides is 1. The molecule has 0 fully saturated rings. The first-order valence-corrected chi connectivity index (χ1v) is 8.78. The van der Waals surface area contributed by atoms with E-state index in [0.717, 1.165) is 0 Å². The molecule has 1 heterocycles. The summed E-state index contributed by atoms with van der Waals surface area (Å²) in [7, 11) is -3.41. The third-order valence-corrected chi connectivity index (χ3v) is 5.47. The fourth-order valence-electron chi connectivity index (χ4n) is 1.69. The Bertz CT molecular complexity index is 754. The number of nitrogens with zero attached hydrogens (tertiary/aromatic N) is 1. The number of benzene rings is 1. The number of thiazole rings is 1. The molecule has 6 nitrogen and oxygen atoms in total. The van der Waals surface area contributed by atoms with Gasteiger partial charge in [-0.25, -0.2) is 13.4 Å². The van der Waals surface area contributed by atoms with Gasteiger partial charge < -0.3 is 11.1 Å². The van der Waals surface area contributed by atoms with Crippen LogP contribution in [0, 0.1) is 0 Å². The molecular formula is C13H15N3O3S2. The van der Waals surface area contributed by atoms with Gasteiger partial charge in [0.2, 0.25) is 0 Å². The lowest BCUT2D eigenvalue weighted by Gasteiger charge is -2.09. The van der Waals surface area contributed by atoms with Crippen molar-refractivity contribution < 1.29 is 13.2 Å². The molecular weight excluding hydrogens is 310 g/mol. The second-order valence-corrected chi connectivity index (χ2v) is 7.37. The minimum atomic E-state index is -3.41. The highest BCUT2D eigenvalue weighted by Crippen LogP contribution is 2.22. The number of carbonyl (C=O) groups is 1. The normalized spacial score (nSPS) is 11.3. The van der Waals surface area contributed by atoms with Crippen molar-refractivity contribution in [3.63, 3.8) is 0 Å². The highest BCUT2D eigenvalue weighted by molar-refractivity contribution is 7.91. The van der Waals surface area contributed by atoms with Gasteiger partial charge in [-0.1, -0.05) is 19.1 Å². The molecule has 0 aliphatic heterocycles. The standard InChI is InChI=1S/C13H15N3O3S2/c1-2-21(18,19)11-6-4-3-5-9(11)16-13(17)10-8-20-12(7-14)15-10/h3-6,8H,2,7,14H2,1H3,(H,16,17). The molecule has 0 unspecified atom stereocenters. The molecule has 0 atom stereocenters. The van der Waals surface area contributed by atoms with Crippen molar-refractivity contribution in [2.24, 2.45) is 5.73 Å². The fraction of sp³-hybridized carbons (Fsp3) is 0.231. The second kappa shape index (κ2) is 6.33. The number of nitrogens with two attached hydrogens (primary N) is 1. The summed E-state index contributed by atoms with van der Waals surface area (Å²) in [5.74, 6) is -0.488. The summed E-state index contributed by atoms with van der Waals surface area (Å²) in [4.78, 5) is 16.3. The van der Waals surface area contributed by atoms with Gasteiger partial charge in [-0.2, -0.15) is 0 Å². The van der Waals surface area contributed by atoms with Crippen LogP contribution in [0.1, 0.15) is 22.4 Å². The molecule has 3 N–H and O–H groups in total. The number of hydrogen-bond donors (Lipinski definition) is 2. The predicted octanol–water partition coefficient (Wildman–Crippen LogP) is 1.65. The lowest BCUT2D eigenvalue weighted by molar-refractivity contribution is 0.102. The first-order valence-electron chi connectivity index (χ1n) is 6.25. The van der Waals surface area contributed by atoms with E-state index >= 15 is 0 Å². The number of anilines is 1. The topological polar surface area (TPSA) is 102 Å². The van der Waals surface area contributed by atoms with Gasteiger partial charge in [0, 0.05) is 11.9 Å². The molecule has 1 aromatic carbocycles. The first kappa shape index (κ1) is 15.6. The number of sulfone groups is 1. The minimum absolute atomic E-state index is 0.0338. The van der Waals surface area contributed by atoms with Crippen molar-refractivity contribution in [1.82, 2.24) is 4.98 Å². The summed E-state index contributed by atoms with van der Waals surface area (Å²) in [6, 6.07) is 6.31. The zero-order valence-electron chi connectivity index (χ0n) is 11.4. The van der Waals surface area contributed by atoms with Gasteiger partial charge in [-0.15, -0.1) is 11.3 Å². The monoisotopic (exact) mass is 325 g/mol. The average Bonchev–Trinajstić information content (AvgIpc) is 2.96. The molecule has 112 valence electrons. The third-order valence-electron chi connectivity index (χ3n) is 2.81. The smallest absolute Gasteiger partial charge is 0.275 e. The summed E-state index contributed by atoms with van der Waals surface area (Å²) >= 11 is 1.29. The van der Waals surface area contributed by atoms with Gasteiger partial charge in [0.25, 0.3) is 5.91 Å². The Morgan fingerprint density at radius 1 is 1.38 bits per heavy atom. The zero-order chi connectivity index (χ0) is 15.5. The maximum atomic E-state index is 12.1. The molecule has 0 aliphatic rings. The van der Waals surface area contributed by atoms with Crippen molar-refractivity contribution in [2.75, 3.05) is 11.1 Å². The lowest BCUT2D eigenvalue weighted by atomic mass is 10.3. The van der Waals surface area contributed by atoms with Crippen LogP contribution in [-0.4, -0.2) is 25.1 Å². The first-order chi connectivity index (χ1) is 9.97. The zero-order valence-corrected chi connectivity index (χ0v) is 13.0. The van der Waals surface area contributed by atoms with Crippen LogP contribution in [0.3, 0.4) is 0 Å². The van der Waals surface area contributed by atoms with Crippen LogP contribution >= 0.6 is 11.3 Å². The van der Waals surface area contributed by atoms with E-state index in [1.807, 2.05) is 0 Å². The fourth-order valence-corrected chi connectivity index (χ4v) is 3.40. The van der Waals surface area contributed by atoms with Crippen molar-refractivity contribution in [3.05, 3.63) is 40.3 Å². The van der Waals surface area contributed by atoms with Gasteiger partial charge in [0.05, 0.1) is 16.3 Å². The second-order valence-electron chi connectivity index (χ2n) is 4.18. The molecule has 0 radical (unpaired) electrons. The van der Waals surface area contributed by atoms with Crippen LogP contribution in [0.2, 0.25) is 0 Å². The largest absolute Gasteiger partial charge is 0.325 e. The summed E-state index contributed by atoms with van der Waals surface area (Å²) in [5.41, 5.74) is 5.93. The van der Waals surface area contributed by atoms with Crippen LogP contribution in [0.25, 0.3) is 0 Å². The summed E-state index contributed by atoms with van der Waals surface area (Å²) in [5, 5.41) is 4.83. The van der Waals surface area contributed by atoms with E-state index in [4.69, 9.17) is 5.73 Å². The highest BCUT2D eigenvalue weighted by atomic mass is 32.2. The van der Waals surface area contributed by atoms with Gasteiger partial charge in [0.15, 0.2) is 9.84 Å². The van der Waals surface area contributed by atoms with Crippen LogP contribution in [-0.2, 0) is 16.4 Å². The Balaban J connectivity index is 2.30. The van der Waals surface area contributed by atoms with Gasteiger partial charge >= 0.3 is 0 Å². The van der Waals surface area contributed by atoms with E-state index in [0.29, 0.717) is 5.01 Å². The van der Waals surface area contributed by atoms with Crippen LogP contribution in [0.5, 0.6) is 0 Å². The molecule has 2 aromatic rings. The van der Waals surface area contributed by atoms with Gasteiger partial charge in [-0.3, -0.25) is 4.79 Å². The summed E-state index contributed by atoms with van der Waals surface area (Å²) in [6.45, 7) is 1.82. The van der Waals surface area contributed by atoms with Crippen molar-refractivity contribution >= 4 is 32.8 Å². The number of nitrogens with one attached hydrogen (secondary N) is 1. The minimum Gasteiger partial charge on any atom is -0.325 e. The Morgan fingerprint density at radius 2 is 2.10 bits per heavy atom. The molecule has 21 heavy (non-hydrogen) atoms. The predicted molar refractivity (Wildman–Crippen MR) is 82.1 cm³/mol. The number of rotatable bonds is 5. The van der Waals surface area contributed by atoms with Crippen molar-refractivity contribution in [2.45, 2.75) is 18.4 Å². The van der Waals surface area contributed by atoms with E-state index in [9.17, 15) is 13.2 Å². The maximum absolute atomic E-state index is 12.1. The molecule has 0 spiro atoms. The molecule has 0 saturated heterocycles. The maximum Gasteiger partial charge on any atom is 0.275 e. The Kier molecular flexibility index (Phi) is 4.71. The van der Waals surface area contributed by atoms with Gasteiger partial charge in [0.1, 0.15) is 10.7 Å². The lowest BCUT2D eigenvalue weighted by Crippen LogP contribution is -2.16. The summed E-state index contributed by atoms with van der Waals surface area (Å²) in [6.07, 6.45) is 0. The van der Waals surface area contributed by atoms with Crippen LogP contribution < -0.4 is 11.1 Å². The summed E-state index contributed by atoms with van der Waals surface area (Å²) < 4.78 is 24.0. The Hall–Kier alpha value is -1.77. The quantitative estimate of drug-likeness (QED) is 0.870. The van der Waals surface area contributed by atoms with Crippen LogP contribution in [0.15, 0.2) is 34.5 Å². The highest BCUT2D eigenvalue weighted by Gasteiger charge is 2.18. The van der Waals surface area contributed by atoms with E-state index in [2.05, 4.69) is 10.3 Å². The van der Waals surface area contributed by atoms with E-state index in [-0.39, 0.29) is 28.6 Å².